The molecule has 2 aliphatic carbocycles. The molecular weight excluding hydrogens is 754 g/mol. The second-order valence-electron chi connectivity index (χ2n) is 12.3. The highest BCUT2D eigenvalue weighted by Gasteiger charge is 2.69. The number of nitrogens with zero attached hydrogens (tertiary/aromatic N) is 1. The molecule has 12 heteroatoms. The predicted octanol–water partition coefficient (Wildman–Crippen LogP) is 6.97. The van der Waals surface area contributed by atoms with E-state index in [1.807, 2.05) is 61.5 Å². The van der Waals surface area contributed by atoms with E-state index < -0.39 is 5.92 Å². The van der Waals surface area contributed by atoms with Crippen molar-refractivity contribution < 1.29 is 19.1 Å². The monoisotopic (exact) mass is 779 g/mol. The molecule has 7 atom stereocenters. The minimum atomic E-state index is -0.417. The van der Waals surface area contributed by atoms with Crippen molar-refractivity contribution in [3.8, 4) is 5.75 Å². The molecule has 4 aliphatic rings. The van der Waals surface area contributed by atoms with Gasteiger partial charge in [0.15, 0.2) is 6.61 Å². The summed E-state index contributed by atoms with van der Waals surface area (Å²) in [5, 5.41) is 3.73. The van der Waals surface area contributed by atoms with Crippen LogP contribution in [0.1, 0.15) is 28.3 Å². The van der Waals surface area contributed by atoms with Crippen LogP contribution in [0.4, 0.5) is 11.4 Å². The van der Waals surface area contributed by atoms with Gasteiger partial charge in [-0.25, -0.2) is 0 Å². The quantitative estimate of drug-likeness (QED) is 0.205. The van der Waals surface area contributed by atoms with Gasteiger partial charge >= 0.3 is 4.87 Å². The van der Waals surface area contributed by atoms with E-state index in [2.05, 4.69) is 42.2 Å². The fourth-order valence-electron chi connectivity index (χ4n) is 8.08. The molecule has 2 aliphatic heterocycles. The normalized spacial score (nSPS) is 27.4. The molecule has 234 valence electrons. The number of H-pyrrole nitrogens is 1. The lowest BCUT2D eigenvalue weighted by Gasteiger charge is -2.43. The van der Waals surface area contributed by atoms with E-state index >= 15 is 0 Å². The number of thiazole rings is 1. The minimum absolute atomic E-state index is 0.00208. The zero-order valence-electron chi connectivity index (χ0n) is 24.4. The Kier molecular flexibility index (Phi) is 7.54. The number of benzene rings is 3. The van der Waals surface area contributed by atoms with Gasteiger partial charge in [-0.15, -0.1) is 11.8 Å². The van der Waals surface area contributed by atoms with Gasteiger partial charge in [0.2, 0.25) is 11.8 Å². The third kappa shape index (κ3) is 4.91. The number of imide groups is 1. The van der Waals surface area contributed by atoms with Crippen LogP contribution in [0.15, 0.2) is 85.5 Å². The van der Waals surface area contributed by atoms with Crippen LogP contribution in [-0.4, -0.2) is 34.6 Å². The number of halogens is 2. The number of hydrogen-bond acceptors (Lipinski definition) is 7. The van der Waals surface area contributed by atoms with Crippen molar-refractivity contribution in [2.24, 2.45) is 29.6 Å². The summed E-state index contributed by atoms with van der Waals surface area (Å²) in [6, 6.07) is 20.6. The van der Waals surface area contributed by atoms with Crippen molar-refractivity contribution in [3.05, 3.63) is 101 Å². The van der Waals surface area contributed by atoms with Gasteiger partial charge in [0.1, 0.15) is 5.75 Å². The molecule has 1 saturated heterocycles. The smallest absolute Gasteiger partial charge is 0.305 e. The van der Waals surface area contributed by atoms with Gasteiger partial charge in [-0.05, 0) is 85.7 Å². The second kappa shape index (κ2) is 11.5. The zero-order chi connectivity index (χ0) is 31.9. The molecule has 2 N–H and O–H groups in total. The summed E-state index contributed by atoms with van der Waals surface area (Å²) in [5.74, 6) is -1.11. The number of nitrogens with one attached hydrogen (secondary N) is 2. The molecule has 3 fully saturated rings. The van der Waals surface area contributed by atoms with Crippen LogP contribution in [0.25, 0.3) is 0 Å². The second-order valence-corrected chi connectivity index (χ2v) is 16.4. The molecule has 2 bridgehead atoms. The highest BCUT2D eigenvalue weighted by molar-refractivity contribution is 9.10. The number of aromatic amines is 1. The highest BCUT2D eigenvalue weighted by atomic mass is 79.9. The Labute approximate surface area is 289 Å². The molecule has 4 aromatic rings. The number of rotatable bonds is 6. The zero-order valence-corrected chi connectivity index (χ0v) is 29.2. The largest absolute Gasteiger partial charge is 0.483 e. The fourth-order valence-corrected chi connectivity index (χ4v) is 11.6. The summed E-state index contributed by atoms with van der Waals surface area (Å²) in [7, 11) is 0. The van der Waals surface area contributed by atoms with E-state index in [1.165, 1.54) is 16.2 Å². The first-order chi connectivity index (χ1) is 22.2. The van der Waals surface area contributed by atoms with Crippen LogP contribution >= 0.6 is 55.0 Å². The number of hydrogen-bond donors (Lipinski definition) is 2. The van der Waals surface area contributed by atoms with Crippen LogP contribution in [0.3, 0.4) is 0 Å². The van der Waals surface area contributed by atoms with Crippen molar-refractivity contribution in [3.63, 3.8) is 0 Å². The lowest BCUT2D eigenvalue weighted by molar-refractivity contribution is -0.123. The summed E-state index contributed by atoms with van der Waals surface area (Å²) in [5.41, 5.74) is 3.23. The van der Waals surface area contributed by atoms with Crippen LogP contribution in [-0.2, 0) is 14.4 Å². The molecular formula is C34H27Br2N3O5S2. The van der Waals surface area contributed by atoms with Gasteiger partial charge in [-0.3, -0.25) is 24.1 Å². The van der Waals surface area contributed by atoms with Crippen molar-refractivity contribution in [1.82, 2.24) is 4.98 Å². The molecule has 1 aromatic heterocycles. The lowest BCUT2D eigenvalue weighted by atomic mass is 9.68. The summed E-state index contributed by atoms with van der Waals surface area (Å²) in [6.45, 7) is 1.79. The van der Waals surface area contributed by atoms with Gasteiger partial charge in [0.25, 0.3) is 5.91 Å². The Balaban J connectivity index is 1.14. The van der Waals surface area contributed by atoms with E-state index in [4.69, 9.17) is 4.74 Å². The number of anilines is 2. The number of aromatic nitrogens is 1. The number of ether oxygens (including phenoxy) is 1. The highest BCUT2D eigenvalue weighted by Crippen LogP contribution is 2.69. The Morgan fingerprint density at radius 2 is 1.65 bits per heavy atom. The standard InChI is InChI=1S/C34H27Br2N3O5S2/c1-15-2-7-18(8-3-15)37-24(40)14-44-23-11-6-17(36)12-20(23)25-26-21-13-22(29(26)45-31-30(25)46-34(43)38-31)28-27(21)32(41)39(33(28)42)19-9-4-16(35)5-10-19/h2-12,21-22,25-29H,13-14H2,1H3,(H,37,40)(H,38,43)/t21-,22-,25+,26-,27+,28+,29-/m1/s1. The Morgan fingerprint density at radius 1 is 0.957 bits per heavy atom. The van der Waals surface area contributed by atoms with Crippen LogP contribution in [0, 0.1) is 36.5 Å². The topological polar surface area (TPSA) is 109 Å². The molecule has 3 aromatic carbocycles. The van der Waals surface area contributed by atoms with Crippen molar-refractivity contribution >= 4 is 84.1 Å². The first-order valence-electron chi connectivity index (χ1n) is 15.0. The number of aryl methyl sites for hydroxylation is 1. The Morgan fingerprint density at radius 3 is 2.39 bits per heavy atom. The van der Waals surface area contributed by atoms with E-state index in [9.17, 15) is 19.2 Å². The Bertz CT molecular complexity index is 1960. The molecule has 2 saturated carbocycles. The molecule has 0 radical (unpaired) electrons. The van der Waals surface area contributed by atoms with E-state index in [-0.39, 0.29) is 64.0 Å². The van der Waals surface area contributed by atoms with Crippen LogP contribution in [0.2, 0.25) is 0 Å². The number of carbonyl (C=O) groups is 3. The van der Waals surface area contributed by atoms with Gasteiger partial charge < -0.3 is 15.0 Å². The maximum absolute atomic E-state index is 14.1. The molecule has 8 rings (SSSR count). The van der Waals surface area contributed by atoms with Crippen LogP contribution < -0.4 is 19.8 Å². The molecule has 0 spiro atoms. The number of thioether (sulfide) groups is 1. The van der Waals surface area contributed by atoms with Gasteiger partial charge in [-0.1, -0.05) is 60.9 Å². The van der Waals surface area contributed by atoms with Crippen molar-refractivity contribution in [1.29, 1.82) is 0 Å². The van der Waals surface area contributed by atoms with Crippen LogP contribution in [0.5, 0.6) is 5.75 Å². The van der Waals surface area contributed by atoms with Gasteiger partial charge in [-0.2, -0.15) is 0 Å². The van der Waals surface area contributed by atoms with Crippen molar-refractivity contribution in [2.75, 3.05) is 16.8 Å². The SMILES string of the molecule is Cc1ccc(NC(=O)COc2ccc(Br)cc2[C@@H]2c3sc(=O)[nH]c3S[C@@H]3[C@@H]4C[C@@H]([C@@H]5C(=O)N(c6ccc(Br)cc6)C(=O)[C@@H]45)[C@H]23)cc1. The predicted molar refractivity (Wildman–Crippen MR) is 185 cm³/mol. The summed E-state index contributed by atoms with van der Waals surface area (Å²) >= 11 is 9.91. The summed E-state index contributed by atoms with van der Waals surface area (Å²) < 4.78 is 7.92. The molecule has 3 amide bonds. The van der Waals surface area contributed by atoms with E-state index in [1.54, 1.807) is 23.9 Å². The summed E-state index contributed by atoms with van der Waals surface area (Å²) in [4.78, 5) is 58.8. The molecule has 0 unspecified atom stereocenters. The Hall–Kier alpha value is -3.19. The maximum atomic E-state index is 14.1. The van der Waals surface area contributed by atoms with Gasteiger partial charge in [0, 0.05) is 36.2 Å². The minimum Gasteiger partial charge on any atom is -0.483 e. The maximum Gasteiger partial charge on any atom is 0.305 e. The van der Waals surface area contributed by atoms with Gasteiger partial charge in [0.05, 0.1) is 22.5 Å². The molecule has 3 heterocycles. The van der Waals surface area contributed by atoms with Crippen molar-refractivity contribution in [2.45, 2.75) is 29.5 Å². The first-order valence-corrected chi connectivity index (χ1v) is 18.3. The average molecular weight is 782 g/mol. The number of fused-ring (bicyclic) bond motifs is 9. The lowest BCUT2D eigenvalue weighted by Crippen LogP contribution is -2.42. The van der Waals surface area contributed by atoms with E-state index in [0.717, 1.165) is 36.4 Å². The molecule has 46 heavy (non-hydrogen) atoms. The third-order valence-electron chi connectivity index (χ3n) is 9.81. The first kappa shape index (κ1) is 30.2. The summed E-state index contributed by atoms with van der Waals surface area (Å²) in [6.07, 6.45) is 0.780. The van der Waals surface area contributed by atoms with E-state index in [0.29, 0.717) is 17.1 Å². The number of carbonyl (C=O) groups excluding carboxylic acids is 3. The average Bonchev–Trinajstić information content (AvgIpc) is 3.77. The fraction of sp³-hybridized carbons (Fsp3) is 0.294. The molecule has 8 nitrogen and oxygen atoms in total. The number of amides is 3. The third-order valence-corrected chi connectivity index (χ3v) is 13.4.